The molecule has 5 rings (SSSR count). The summed E-state index contributed by atoms with van der Waals surface area (Å²) in [6.07, 6.45) is 2.97. The molecule has 2 aliphatic rings. The molecule has 5 heteroatoms. The molecule has 32 heavy (non-hydrogen) atoms. The summed E-state index contributed by atoms with van der Waals surface area (Å²) in [6, 6.07) is 20.8. The van der Waals surface area contributed by atoms with E-state index in [-0.39, 0.29) is 18.1 Å². The van der Waals surface area contributed by atoms with Gasteiger partial charge in [-0.05, 0) is 60.2 Å². The number of nitrogens with zero attached hydrogens (tertiary/aromatic N) is 1. The zero-order valence-electron chi connectivity index (χ0n) is 18.5. The fraction of sp³-hybridized carbons (Fsp3) is 0.370. The molecular formula is C27H30N2O3. The molecule has 1 saturated heterocycles. The largest absolute Gasteiger partial charge is 0.492 e. The molecular weight excluding hydrogens is 400 g/mol. The first kappa shape index (κ1) is 21.0. The number of hydrogen-bond donors (Lipinski definition) is 2. The molecule has 1 saturated carbocycles. The molecule has 0 radical (unpaired) electrons. The van der Waals surface area contributed by atoms with Gasteiger partial charge in [0.2, 0.25) is 0 Å². The minimum atomic E-state index is -0.294. The number of aliphatic hydroxyl groups excluding tert-OH is 1. The van der Waals surface area contributed by atoms with E-state index >= 15 is 0 Å². The Balaban J connectivity index is 1.32. The third kappa shape index (κ3) is 3.98. The fourth-order valence-electron chi connectivity index (χ4n) is 4.75. The second-order valence-electron chi connectivity index (χ2n) is 9.05. The van der Waals surface area contributed by atoms with Gasteiger partial charge in [0.05, 0.1) is 12.1 Å². The van der Waals surface area contributed by atoms with E-state index in [0.29, 0.717) is 30.5 Å². The zero-order valence-corrected chi connectivity index (χ0v) is 18.5. The lowest BCUT2D eigenvalue weighted by Crippen LogP contribution is -2.51. The van der Waals surface area contributed by atoms with Crippen LogP contribution in [0, 0.1) is 6.92 Å². The molecule has 3 aromatic rings. The minimum absolute atomic E-state index is 0.0519. The first-order valence-electron chi connectivity index (χ1n) is 11.5. The summed E-state index contributed by atoms with van der Waals surface area (Å²) in [7, 11) is 0. The van der Waals surface area contributed by atoms with Crippen LogP contribution in [0.2, 0.25) is 0 Å². The van der Waals surface area contributed by atoms with Crippen LogP contribution in [0.5, 0.6) is 5.75 Å². The van der Waals surface area contributed by atoms with Crippen LogP contribution in [0.3, 0.4) is 0 Å². The number of ether oxygens (including phenoxy) is 1. The number of rotatable bonds is 8. The lowest BCUT2D eigenvalue weighted by molar-refractivity contribution is 0.0362. The Labute approximate surface area is 189 Å². The van der Waals surface area contributed by atoms with Crippen LogP contribution in [0.4, 0.5) is 0 Å². The molecule has 0 aromatic heterocycles. The van der Waals surface area contributed by atoms with E-state index in [1.54, 1.807) is 0 Å². The van der Waals surface area contributed by atoms with Crippen molar-refractivity contribution in [2.45, 2.75) is 37.8 Å². The second-order valence-corrected chi connectivity index (χ2v) is 9.05. The highest BCUT2D eigenvalue weighted by molar-refractivity contribution is 5.97. The maximum atomic E-state index is 13.3. The standard InChI is InChI=1S/C27H30N2O3/c1-19-9-10-22(32-18-21-11-14-29(21)15-16-30)17-24(19)26(31)28-27(12-13-27)25-8-4-6-20-5-2-3-7-23(20)25/h2-10,17,21,30H,11-16,18H2,1H3,(H,28,31). The maximum Gasteiger partial charge on any atom is 0.252 e. The Kier molecular flexibility index (Phi) is 5.62. The van der Waals surface area contributed by atoms with Crippen LogP contribution < -0.4 is 10.1 Å². The molecule has 1 aliphatic heterocycles. The normalized spacial score (nSPS) is 19.4. The van der Waals surface area contributed by atoms with E-state index in [4.69, 9.17) is 9.84 Å². The predicted molar refractivity (Wildman–Crippen MR) is 126 cm³/mol. The van der Waals surface area contributed by atoms with Crippen molar-refractivity contribution in [3.05, 3.63) is 77.4 Å². The maximum absolute atomic E-state index is 13.3. The number of amides is 1. The average molecular weight is 431 g/mol. The minimum Gasteiger partial charge on any atom is -0.492 e. The average Bonchev–Trinajstić information content (AvgIpc) is 3.57. The predicted octanol–water partition coefficient (Wildman–Crippen LogP) is 4.01. The highest BCUT2D eigenvalue weighted by Crippen LogP contribution is 2.48. The number of nitrogens with one attached hydrogen (secondary N) is 1. The van der Waals surface area contributed by atoms with Gasteiger partial charge in [0.25, 0.3) is 5.91 Å². The van der Waals surface area contributed by atoms with Gasteiger partial charge in [0.15, 0.2) is 0 Å². The number of β-amino-alcohol motifs (C(OH)–C–C–N with tert-alkyl or cyclic N) is 1. The van der Waals surface area contributed by atoms with Gasteiger partial charge in [-0.15, -0.1) is 0 Å². The SMILES string of the molecule is Cc1ccc(OCC2CCN2CCO)cc1C(=O)NC1(c2cccc3ccccc23)CC1. The Morgan fingerprint density at radius 2 is 1.97 bits per heavy atom. The van der Waals surface area contributed by atoms with E-state index in [1.165, 1.54) is 16.3 Å². The number of fused-ring (bicyclic) bond motifs is 1. The molecule has 1 unspecified atom stereocenters. The molecule has 2 fully saturated rings. The molecule has 0 bridgehead atoms. The van der Waals surface area contributed by atoms with Crippen LogP contribution in [0.25, 0.3) is 10.8 Å². The number of aliphatic hydroxyl groups is 1. The lowest BCUT2D eigenvalue weighted by atomic mass is 9.96. The summed E-state index contributed by atoms with van der Waals surface area (Å²) >= 11 is 0. The number of hydrogen-bond acceptors (Lipinski definition) is 4. The molecule has 2 N–H and O–H groups in total. The summed E-state index contributed by atoms with van der Waals surface area (Å²) in [6.45, 7) is 4.40. The van der Waals surface area contributed by atoms with Crippen LogP contribution in [-0.4, -0.2) is 48.3 Å². The fourth-order valence-corrected chi connectivity index (χ4v) is 4.75. The molecule has 1 aliphatic carbocycles. The topological polar surface area (TPSA) is 61.8 Å². The zero-order chi connectivity index (χ0) is 22.1. The third-order valence-corrected chi connectivity index (χ3v) is 6.96. The van der Waals surface area contributed by atoms with Gasteiger partial charge in [-0.25, -0.2) is 0 Å². The molecule has 1 heterocycles. The third-order valence-electron chi connectivity index (χ3n) is 6.96. The molecule has 0 spiro atoms. The van der Waals surface area contributed by atoms with Crippen LogP contribution >= 0.6 is 0 Å². The van der Waals surface area contributed by atoms with Crippen molar-refractivity contribution in [3.63, 3.8) is 0 Å². The van der Waals surface area contributed by atoms with Gasteiger partial charge in [0.1, 0.15) is 12.4 Å². The number of benzene rings is 3. The molecule has 166 valence electrons. The van der Waals surface area contributed by atoms with Crippen LogP contribution in [-0.2, 0) is 5.54 Å². The second kappa shape index (κ2) is 8.57. The number of aryl methyl sites for hydroxylation is 1. The first-order chi connectivity index (χ1) is 15.6. The summed E-state index contributed by atoms with van der Waals surface area (Å²) in [5.74, 6) is 0.663. The number of likely N-dealkylation sites (tertiary alicyclic amines) is 1. The van der Waals surface area contributed by atoms with Gasteiger partial charge in [0, 0.05) is 24.7 Å². The first-order valence-corrected chi connectivity index (χ1v) is 11.5. The highest BCUT2D eigenvalue weighted by atomic mass is 16.5. The van der Waals surface area contributed by atoms with E-state index < -0.39 is 0 Å². The van der Waals surface area contributed by atoms with Crippen molar-refractivity contribution >= 4 is 16.7 Å². The summed E-state index contributed by atoms with van der Waals surface area (Å²) in [5.41, 5.74) is 2.50. The number of carbonyl (C=O) groups is 1. The molecule has 5 nitrogen and oxygen atoms in total. The molecule has 3 aromatic carbocycles. The summed E-state index contributed by atoms with van der Waals surface area (Å²) in [5, 5.41) is 14.9. The quantitative estimate of drug-likeness (QED) is 0.567. The van der Waals surface area contributed by atoms with E-state index in [9.17, 15) is 4.79 Å². The van der Waals surface area contributed by atoms with Crippen molar-refractivity contribution in [2.75, 3.05) is 26.3 Å². The Morgan fingerprint density at radius 1 is 1.16 bits per heavy atom. The van der Waals surface area contributed by atoms with Gasteiger partial charge in [-0.2, -0.15) is 0 Å². The Bertz CT molecular complexity index is 1130. The number of carbonyl (C=O) groups excluding carboxylic acids is 1. The van der Waals surface area contributed by atoms with Gasteiger partial charge >= 0.3 is 0 Å². The highest BCUT2D eigenvalue weighted by Gasteiger charge is 2.46. The summed E-state index contributed by atoms with van der Waals surface area (Å²) < 4.78 is 6.02. The van der Waals surface area contributed by atoms with Crippen LogP contribution in [0.15, 0.2) is 60.7 Å². The van der Waals surface area contributed by atoms with E-state index in [0.717, 1.165) is 31.4 Å². The van der Waals surface area contributed by atoms with E-state index in [1.807, 2.05) is 31.2 Å². The Hall–Kier alpha value is -2.89. The monoisotopic (exact) mass is 430 g/mol. The smallest absolute Gasteiger partial charge is 0.252 e. The van der Waals surface area contributed by atoms with Crippen molar-refractivity contribution < 1.29 is 14.6 Å². The Morgan fingerprint density at radius 3 is 2.72 bits per heavy atom. The molecule has 1 atom stereocenters. The molecule has 1 amide bonds. The van der Waals surface area contributed by atoms with Crippen molar-refractivity contribution in [1.29, 1.82) is 0 Å². The van der Waals surface area contributed by atoms with Gasteiger partial charge < -0.3 is 15.2 Å². The van der Waals surface area contributed by atoms with Gasteiger partial charge in [-0.3, -0.25) is 9.69 Å². The van der Waals surface area contributed by atoms with Gasteiger partial charge in [-0.1, -0.05) is 48.5 Å². The lowest BCUT2D eigenvalue weighted by Gasteiger charge is -2.40. The van der Waals surface area contributed by atoms with Crippen molar-refractivity contribution in [2.24, 2.45) is 0 Å². The van der Waals surface area contributed by atoms with E-state index in [2.05, 4.69) is 46.6 Å². The van der Waals surface area contributed by atoms with Crippen molar-refractivity contribution in [3.8, 4) is 5.75 Å². The summed E-state index contributed by atoms with van der Waals surface area (Å²) in [4.78, 5) is 15.5. The van der Waals surface area contributed by atoms with Crippen LogP contribution in [0.1, 0.15) is 40.7 Å². The van der Waals surface area contributed by atoms with Crippen molar-refractivity contribution in [1.82, 2.24) is 10.2 Å².